The fraction of sp³-hybridized carbons (Fsp3) is 0.290. The van der Waals surface area contributed by atoms with Gasteiger partial charge in [-0.3, -0.25) is 38.9 Å². The van der Waals surface area contributed by atoms with Crippen molar-refractivity contribution < 1.29 is 24.0 Å². The molecule has 12 aromatic rings. The van der Waals surface area contributed by atoms with Gasteiger partial charge in [-0.05, 0) is 174 Å². The van der Waals surface area contributed by atoms with Crippen molar-refractivity contribution in [2.24, 2.45) is 7.05 Å². The van der Waals surface area contributed by atoms with Gasteiger partial charge in [0.25, 0.3) is 0 Å². The minimum Gasteiger partial charge on any atom is -0.351 e. The van der Waals surface area contributed by atoms with Crippen molar-refractivity contribution >= 4 is 50.7 Å². The summed E-state index contributed by atoms with van der Waals surface area (Å²) < 4.78 is 2.09. The zero-order chi connectivity index (χ0) is 75.6. The maximum absolute atomic E-state index is 12.6. The number of para-hydroxylation sites is 1. The van der Waals surface area contributed by atoms with Gasteiger partial charge in [-0.1, -0.05) is 225 Å². The van der Waals surface area contributed by atoms with E-state index in [-0.39, 0.29) is 56.0 Å². The van der Waals surface area contributed by atoms with E-state index in [9.17, 15) is 24.0 Å². The molecule has 0 fully saturated rings. The molecule has 0 saturated carbocycles. The monoisotopic (exact) mass is 1380 g/mol. The van der Waals surface area contributed by atoms with Crippen molar-refractivity contribution in [2.45, 2.75) is 170 Å². The van der Waals surface area contributed by atoms with Gasteiger partial charge < -0.3 is 4.57 Å². The Morgan fingerprint density at radius 2 is 0.702 bits per heavy atom. The summed E-state index contributed by atoms with van der Waals surface area (Å²) in [6, 6.07) is 65.7. The van der Waals surface area contributed by atoms with Gasteiger partial charge in [-0.2, -0.15) is 0 Å². The number of aromatic nitrogens is 6. The molecule has 0 aliphatic heterocycles. The van der Waals surface area contributed by atoms with Crippen LogP contribution in [0.15, 0.2) is 250 Å². The van der Waals surface area contributed by atoms with Crippen LogP contribution in [-0.4, -0.2) is 58.4 Å². The van der Waals surface area contributed by atoms with E-state index in [2.05, 4.69) is 182 Å². The van der Waals surface area contributed by atoms with Crippen LogP contribution in [0.3, 0.4) is 0 Å². The molecule has 0 N–H and O–H groups in total. The van der Waals surface area contributed by atoms with Gasteiger partial charge in [0.1, 0.15) is 6.33 Å². The van der Waals surface area contributed by atoms with E-state index in [0.717, 1.165) is 72.2 Å². The van der Waals surface area contributed by atoms with E-state index in [4.69, 9.17) is 0 Å². The molecule has 0 saturated heterocycles. The molecule has 534 valence electrons. The zero-order valence-corrected chi connectivity index (χ0v) is 63.9. The van der Waals surface area contributed by atoms with Gasteiger partial charge in [0.15, 0.2) is 28.9 Å². The maximum Gasteiger partial charge on any atom is 0.167 e. The van der Waals surface area contributed by atoms with Crippen LogP contribution in [-0.2, 0) is 66.2 Å². The Hall–Kier alpha value is -10.8. The number of hydrogen-bond donors (Lipinski definition) is 0. The molecular formula is C93H102N6O5. The highest BCUT2D eigenvalue weighted by atomic mass is 16.1. The third kappa shape index (κ3) is 23.6. The SMILES string of the molecule is CC(C)(C)c1cccc(C(=O)Cc2cccnc2)c1.CC(C)(C)c1cccc(C(=O)Cc2cnc3ccccc3c2)c1.CC(C)(C)c1cccc(C(=O)Cc2cncnc2)c1.Cc1cc(CC(=O)c2cccc(C(C)(C)C)c2)ccn1.Cn1ccc2cc(CC(=O)c3cccc(C(C)(C)C)c3)ccc21. The third-order valence-corrected chi connectivity index (χ3v) is 18.0. The van der Waals surface area contributed by atoms with Gasteiger partial charge in [-0.15, -0.1) is 0 Å². The molecule has 0 unspecified atom stereocenters. The Labute approximate surface area is 616 Å². The molecule has 104 heavy (non-hydrogen) atoms. The molecular weight excluding hydrogens is 1280 g/mol. The summed E-state index contributed by atoms with van der Waals surface area (Å²) in [4.78, 5) is 82.6. The number of carbonyl (C=O) groups is 5. The lowest BCUT2D eigenvalue weighted by Crippen LogP contribution is -2.13. The molecule has 0 aliphatic rings. The summed E-state index contributed by atoms with van der Waals surface area (Å²) in [5.74, 6) is 0.696. The Morgan fingerprint density at radius 3 is 1.12 bits per heavy atom. The molecule has 0 atom stereocenters. The van der Waals surface area contributed by atoms with Gasteiger partial charge in [0.2, 0.25) is 0 Å². The number of benzene rings is 7. The summed E-state index contributed by atoms with van der Waals surface area (Å²) in [6.07, 6.45) is 15.9. The van der Waals surface area contributed by atoms with Crippen LogP contribution in [0.1, 0.15) is 217 Å². The molecule has 0 bridgehead atoms. The van der Waals surface area contributed by atoms with E-state index >= 15 is 0 Å². The van der Waals surface area contributed by atoms with Crippen LogP contribution in [0.5, 0.6) is 0 Å². The van der Waals surface area contributed by atoms with Crippen molar-refractivity contribution in [1.29, 1.82) is 0 Å². The number of rotatable bonds is 15. The van der Waals surface area contributed by atoms with Crippen LogP contribution in [0.25, 0.3) is 21.8 Å². The molecule has 0 aliphatic carbocycles. The van der Waals surface area contributed by atoms with Crippen molar-refractivity contribution in [2.75, 3.05) is 0 Å². The summed E-state index contributed by atoms with van der Waals surface area (Å²) in [5.41, 5.74) is 18.0. The second-order valence-electron chi connectivity index (χ2n) is 31.9. The van der Waals surface area contributed by atoms with Crippen LogP contribution < -0.4 is 0 Å². The van der Waals surface area contributed by atoms with E-state index < -0.39 is 0 Å². The summed E-state index contributed by atoms with van der Waals surface area (Å²) >= 11 is 0. The average molecular weight is 1380 g/mol. The first kappa shape index (κ1) is 78.9. The first-order valence-corrected chi connectivity index (χ1v) is 35.7. The van der Waals surface area contributed by atoms with Gasteiger partial charge in [0.05, 0.1) is 5.52 Å². The Bertz CT molecular complexity index is 4810. The van der Waals surface area contributed by atoms with Crippen molar-refractivity contribution in [1.82, 2.24) is 29.5 Å². The highest BCUT2D eigenvalue weighted by molar-refractivity contribution is 6.00. The van der Waals surface area contributed by atoms with Crippen molar-refractivity contribution in [3.05, 3.63) is 339 Å². The fourth-order valence-electron chi connectivity index (χ4n) is 11.5. The minimum atomic E-state index is 0.0425. The minimum absolute atomic E-state index is 0.0425. The molecule has 0 radical (unpaired) electrons. The molecule has 5 heterocycles. The number of ketones is 5. The number of hydrogen-bond acceptors (Lipinski definition) is 10. The molecule has 5 aromatic heterocycles. The highest BCUT2D eigenvalue weighted by Gasteiger charge is 2.22. The zero-order valence-electron chi connectivity index (χ0n) is 63.9. The lowest BCUT2D eigenvalue weighted by molar-refractivity contribution is 0.0984. The Morgan fingerprint density at radius 1 is 0.317 bits per heavy atom. The lowest BCUT2D eigenvalue weighted by atomic mass is 9.85. The summed E-state index contributed by atoms with van der Waals surface area (Å²) in [6.45, 7) is 34.2. The largest absolute Gasteiger partial charge is 0.351 e. The van der Waals surface area contributed by atoms with E-state index in [0.29, 0.717) is 32.1 Å². The second-order valence-corrected chi connectivity index (χ2v) is 31.9. The van der Waals surface area contributed by atoms with Crippen LogP contribution in [0, 0.1) is 6.92 Å². The van der Waals surface area contributed by atoms with Crippen molar-refractivity contribution in [3.8, 4) is 0 Å². The van der Waals surface area contributed by atoms with Gasteiger partial charge in [-0.25, -0.2) is 9.97 Å². The number of carbonyl (C=O) groups excluding carboxylic acids is 5. The second kappa shape index (κ2) is 34.9. The highest BCUT2D eigenvalue weighted by Crippen LogP contribution is 2.29. The quantitative estimate of drug-likeness (QED) is 0.0906. The average Bonchev–Trinajstić information content (AvgIpc) is 1.70. The lowest BCUT2D eigenvalue weighted by Gasteiger charge is -2.19. The van der Waals surface area contributed by atoms with Gasteiger partial charge >= 0.3 is 0 Å². The van der Waals surface area contributed by atoms with E-state index in [1.165, 1.54) is 45.0 Å². The first-order valence-electron chi connectivity index (χ1n) is 35.7. The summed E-state index contributed by atoms with van der Waals surface area (Å²) in [7, 11) is 2.03. The molecule has 0 amide bonds. The maximum atomic E-state index is 12.6. The molecule has 11 nitrogen and oxygen atoms in total. The Balaban J connectivity index is 0.000000165. The number of nitrogens with zero attached hydrogens (tertiary/aromatic N) is 6. The predicted molar refractivity (Wildman–Crippen MR) is 426 cm³/mol. The van der Waals surface area contributed by atoms with Crippen LogP contribution in [0.2, 0.25) is 0 Å². The number of pyridine rings is 3. The molecule has 11 heteroatoms. The number of Topliss-reactive ketones (excluding diaryl/α,β-unsaturated/α-hetero) is 5. The number of fused-ring (bicyclic) bond motifs is 2. The van der Waals surface area contributed by atoms with E-state index in [1.807, 2.05) is 172 Å². The Kier molecular flexibility index (Phi) is 26.5. The molecule has 12 rings (SSSR count). The molecule has 0 spiro atoms. The predicted octanol–water partition coefficient (Wildman–Crippen LogP) is 21.0. The molecule has 7 aromatic carbocycles. The summed E-state index contributed by atoms with van der Waals surface area (Å²) in [5, 5.41) is 2.25. The van der Waals surface area contributed by atoms with Crippen LogP contribution >= 0.6 is 0 Å². The number of aryl methyl sites for hydroxylation is 2. The normalized spacial score (nSPS) is 11.5. The van der Waals surface area contributed by atoms with Crippen molar-refractivity contribution in [3.63, 3.8) is 0 Å². The first-order chi connectivity index (χ1) is 49.1. The standard InChI is InChI=1S/C21H23NO.C21H21NO.C18H21NO.C17H19NO.C16H18N2O/c1-21(2,3)18-7-5-6-17(14-18)20(23)13-15-8-9-19-16(12-15)10-11-22(19)4;1-21(2,3)18-9-6-8-17(13-18)20(23)12-15-11-16-7-4-5-10-19(16)22-14-15;1-13-10-14(8-9-19-13)11-17(20)15-6-5-7-16(12-15)18(2,3)4;1-17(2,3)15-8-4-7-14(11-15)16(19)10-13-6-5-9-18-12-13;1-16(2,3)14-6-4-5-13(8-14)15(19)7-12-9-17-11-18-10-12/h5-12,14H,13H2,1-4H3;4-11,13-14H,12H2,1-3H3;5-10,12H,11H2,1-4H3;4-9,11-12H,10H2,1-3H3;4-6,8-11H,7H2,1-3H3. The van der Waals surface area contributed by atoms with Gasteiger partial charge in [0, 0.05) is 127 Å². The van der Waals surface area contributed by atoms with Crippen LogP contribution in [0.4, 0.5) is 0 Å². The van der Waals surface area contributed by atoms with E-state index in [1.54, 1.807) is 37.2 Å². The third-order valence-electron chi connectivity index (χ3n) is 18.0. The topological polar surface area (TPSA) is 155 Å². The smallest absolute Gasteiger partial charge is 0.167 e. The fourth-order valence-corrected chi connectivity index (χ4v) is 11.5.